The molecular formula is C26H35Cl2N3O4S. The maximum absolute atomic E-state index is 13.3. The molecule has 2 amide bonds. The molecule has 1 atom stereocenters. The van der Waals surface area contributed by atoms with Gasteiger partial charge in [-0.05, 0) is 74.6 Å². The molecule has 0 heterocycles. The first-order valence-corrected chi connectivity index (χ1v) is 14.5. The van der Waals surface area contributed by atoms with E-state index >= 15 is 0 Å². The van der Waals surface area contributed by atoms with Crippen molar-refractivity contribution < 1.29 is 18.0 Å². The molecule has 0 aliphatic rings. The molecule has 0 saturated carbocycles. The second-order valence-electron chi connectivity index (χ2n) is 8.93. The number of benzene rings is 2. The minimum Gasteiger partial charge on any atom is -0.354 e. The van der Waals surface area contributed by atoms with Gasteiger partial charge in [-0.25, -0.2) is 8.42 Å². The van der Waals surface area contributed by atoms with Crippen molar-refractivity contribution in [2.45, 2.75) is 59.5 Å². The van der Waals surface area contributed by atoms with E-state index in [2.05, 4.69) is 5.32 Å². The number of hydrogen-bond donors (Lipinski definition) is 1. The lowest BCUT2D eigenvalue weighted by Crippen LogP contribution is -2.48. The first-order valence-electron chi connectivity index (χ1n) is 11.9. The van der Waals surface area contributed by atoms with Crippen LogP contribution in [0, 0.1) is 13.8 Å². The lowest BCUT2D eigenvalue weighted by molar-refractivity contribution is -0.140. The van der Waals surface area contributed by atoms with Gasteiger partial charge in [-0.1, -0.05) is 42.3 Å². The van der Waals surface area contributed by atoms with Crippen LogP contribution < -0.4 is 9.62 Å². The average Bonchev–Trinajstić information content (AvgIpc) is 2.80. The Hall–Kier alpha value is -2.29. The monoisotopic (exact) mass is 555 g/mol. The van der Waals surface area contributed by atoms with Crippen LogP contribution in [0.2, 0.25) is 10.0 Å². The third-order valence-corrected chi connectivity index (χ3v) is 7.78. The molecule has 0 aliphatic carbocycles. The number of sulfonamides is 1. The van der Waals surface area contributed by atoms with Gasteiger partial charge in [-0.3, -0.25) is 13.9 Å². The van der Waals surface area contributed by atoms with E-state index in [1.807, 2.05) is 32.9 Å². The number of rotatable bonds is 12. The summed E-state index contributed by atoms with van der Waals surface area (Å²) in [5.74, 6) is -0.531. The summed E-state index contributed by atoms with van der Waals surface area (Å²) in [6.45, 7) is 8.28. The molecule has 2 rings (SSSR count). The molecule has 36 heavy (non-hydrogen) atoms. The van der Waals surface area contributed by atoms with Gasteiger partial charge in [0.25, 0.3) is 0 Å². The van der Waals surface area contributed by atoms with Crippen LogP contribution in [0.3, 0.4) is 0 Å². The predicted molar refractivity (Wildman–Crippen MR) is 147 cm³/mol. The van der Waals surface area contributed by atoms with Crippen LogP contribution in [0.1, 0.15) is 49.8 Å². The Morgan fingerprint density at radius 2 is 1.75 bits per heavy atom. The van der Waals surface area contributed by atoms with Crippen molar-refractivity contribution >= 4 is 50.7 Å². The number of hydrogen-bond acceptors (Lipinski definition) is 4. The quantitative estimate of drug-likeness (QED) is 0.394. The van der Waals surface area contributed by atoms with E-state index < -0.39 is 16.1 Å². The second-order valence-corrected chi connectivity index (χ2v) is 11.7. The highest BCUT2D eigenvalue weighted by Gasteiger charge is 2.27. The summed E-state index contributed by atoms with van der Waals surface area (Å²) in [5.41, 5.74) is 3.27. The van der Waals surface area contributed by atoms with Gasteiger partial charge in [-0.15, -0.1) is 0 Å². The van der Waals surface area contributed by atoms with Crippen molar-refractivity contribution in [3.05, 3.63) is 63.1 Å². The SMILES string of the molecule is CCCNC(=O)[C@@H](C)N(Cc1ccc(Cl)cc1Cl)C(=O)CCCN(c1ccc(C)c(C)c1)S(C)(=O)=O. The molecule has 0 radical (unpaired) electrons. The maximum Gasteiger partial charge on any atom is 0.242 e. The summed E-state index contributed by atoms with van der Waals surface area (Å²) in [4.78, 5) is 27.5. The van der Waals surface area contributed by atoms with Crippen LogP contribution in [-0.2, 0) is 26.2 Å². The van der Waals surface area contributed by atoms with E-state index in [1.54, 1.807) is 31.2 Å². The number of amides is 2. The van der Waals surface area contributed by atoms with E-state index in [1.165, 1.54) is 9.21 Å². The van der Waals surface area contributed by atoms with E-state index in [0.29, 0.717) is 27.8 Å². The molecule has 0 saturated heterocycles. The standard InChI is InChI=1S/C26H35Cl2N3O4S/c1-6-13-29-26(33)20(4)30(17-21-10-11-22(27)16-24(21)28)25(32)8-7-14-31(36(5,34)35)23-12-9-18(2)19(3)15-23/h9-12,15-16,20H,6-8,13-14,17H2,1-5H3,(H,29,33)/t20-/m1/s1. The van der Waals surface area contributed by atoms with Gasteiger partial charge in [0.05, 0.1) is 11.9 Å². The van der Waals surface area contributed by atoms with Gasteiger partial charge in [0.2, 0.25) is 21.8 Å². The summed E-state index contributed by atoms with van der Waals surface area (Å²) >= 11 is 12.3. The van der Waals surface area contributed by atoms with Crippen LogP contribution in [0.5, 0.6) is 0 Å². The second kappa shape index (κ2) is 13.3. The molecule has 2 aromatic carbocycles. The fraction of sp³-hybridized carbons (Fsp3) is 0.462. The number of nitrogens with one attached hydrogen (secondary N) is 1. The molecule has 0 aliphatic heterocycles. The Morgan fingerprint density at radius 3 is 2.33 bits per heavy atom. The smallest absolute Gasteiger partial charge is 0.242 e. The van der Waals surface area contributed by atoms with Crippen molar-refractivity contribution in [2.75, 3.05) is 23.7 Å². The van der Waals surface area contributed by atoms with Gasteiger partial charge < -0.3 is 10.2 Å². The molecule has 0 bridgehead atoms. The Bertz CT molecular complexity index is 1190. The third kappa shape index (κ3) is 8.39. The Kier molecular flexibility index (Phi) is 11.1. The van der Waals surface area contributed by atoms with Crippen molar-refractivity contribution in [1.29, 1.82) is 0 Å². The fourth-order valence-corrected chi connectivity index (χ4v) is 5.12. The Morgan fingerprint density at radius 1 is 1.06 bits per heavy atom. The van der Waals surface area contributed by atoms with E-state index in [-0.39, 0.29) is 37.7 Å². The summed E-state index contributed by atoms with van der Waals surface area (Å²) in [6, 6.07) is 9.74. The first kappa shape index (κ1) is 29.9. The van der Waals surface area contributed by atoms with E-state index in [4.69, 9.17) is 23.2 Å². The molecule has 0 fully saturated rings. The van der Waals surface area contributed by atoms with Crippen molar-refractivity contribution in [3.8, 4) is 0 Å². The van der Waals surface area contributed by atoms with Crippen LogP contribution in [0.15, 0.2) is 36.4 Å². The minimum atomic E-state index is -3.55. The van der Waals surface area contributed by atoms with Gasteiger partial charge in [0, 0.05) is 36.1 Å². The molecule has 0 spiro atoms. The molecule has 0 aromatic heterocycles. The Labute approximate surface area is 224 Å². The normalized spacial score (nSPS) is 12.2. The minimum absolute atomic E-state index is 0.0630. The largest absolute Gasteiger partial charge is 0.354 e. The zero-order chi connectivity index (χ0) is 27.0. The van der Waals surface area contributed by atoms with Gasteiger partial charge in [-0.2, -0.15) is 0 Å². The van der Waals surface area contributed by atoms with Gasteiger partial charge in [0.15, 0.2) is 0 Å². The van der Waals surface area contributed by atoms with Crippen molar-refractivity contribution in [1.82, 2.24) is 10.2 Å². The van der Waals surface area contributed by atoms with Crippen LogP contribution in [0.4, 0.5) is 5.69 Å². The Balaban J connectivity index is 2.20. The molecular weight excluding hydrogens is 521 g/mol. The average molecular weight is 557 g/mol. The number of halogens is 2. The molecule has 198 valence electrons. The van der Waals surface area contributed by atoms with E-state index in [0.717, 1.165) is 23.8 Å². The highest BCUT2D eigenvalue weighted by Crippen LogP contribution is 2.25. The van der Waals surface area contributed by atoms with Gasteiger partial charge in [0.1, 0.15) is 6.04 Å². The van der Waals surface area contributed by atoms with Gasteiger partial charge >= 0.3 is 0 Å². The fourth-order valence-electron chi connectivity index (χ4n) is 3.70. The lowest BCUT2D eigenvalue weighted by atomic mass is 10.1. The molecule has 7 nitrogen and oxygen atoms in total. The van der Waals surface area contributed by atoms with Crippen LogP contribution in [-0.4, -0.2) is 50.5 Å². The summed E-state index contributed by atoms with van der Waals surface area (Å²) in [6.07, 6.45) is 2.27. The maximum atomic E-state index is 13.3. The number of anilines is 1. The van der Waals surface area contributed by atoms with Crippen molar-refractivity contribution in [2.24, 2.45) is 0 Å². The molecule has 0 unspecified atom stereocenters. The molecule has 2 aromatic rings. The highest BCUT2D eigenvalue weighted by molar-refractivity contribution is 7.92. The predicted octanol–water partition coefficient (Wildman–Crippen LogP) is 5.10. The number of carbonyl (C=O) groups is 2. The number of aryl methyl sites for hydroxylation is 2. The topological polar surface area (TPSA) is 86.8 Å². The van der Waals surface area contributed by atoms with E-state index in [9.17, 15) is 18.0 Å². The number of nitrogens with zero attached hydrogens (tertiary/aromatic N) is 2. The first-order chi connectivity index (χ1) is 16.8. The van der Waals surface area contributed by atoms with Crippen LogP contribution in [0.25, 0.3) is 0 Å². The van der Waals surface area contributed by atoms with Crippen LogP contribution >= 0.6 is 23.2 Å². The molecule has 10 heteroatoms. The zero-order valence-corrected chi connectivity index (χ0v) is 23.8. The zero-order valence-electron chi connectivity index (χ0n) is 21.5. The lowest BCUT2D eigenvalue weighted by Gasteiger charge is -2.30. The van der Waals surface area contributed by atoms with Crippen molar-refractivity contribution in [3.63, 3.8) is 0 Å². The summed E-state index contributed by atoms with van der Waals surface area (Å²) < 4.78 is 26.3. The molecule has 1 N–H and O–H groups in total. The summed E-state index contributed by atoms with van der Waals surface area (Å²) in [7, 11) is -3.55. The highest BCUT2D eigenvalue weighted by atomic mass is 35.5. The third-order valence-electron chi connectivity index (χ3n) is 6.00. The summed E-state index contributed by atoms with van der Waals surface area (Å²) in [5, 5.41) is 3.70. The number of carbonyl (C=O) groups excluding carboxylic acids is 2.